The van der Waals surface area contributed by atoms with E-state index in [1.54, 1.807) is 0 Å². The van der Waals surface area contributed by atoms with Crippen LogP contribution >= 0.6 is 0 Å². The fourth-order valence-corrected chi connectivity index (χ4v) is 3.02. The van der Waals surface area contributed by atoms with Crippen LogP contribution in [0.4, 0.5) is 11.4 Å². The van der Waals surface area contributed by atoms with E-state index in [0.717, 1.165) is 26.1 Å². The summed E-state index contributed by atoms with van der Waals surface area (Å²) in [4.78, 5) is 15.5. The van der Waals surface area contributed by atoms with Crippen LogP contribution < -0.4 is 9.80 Å². The Bertz CT molecular complexity index is 506. The third kappa shape index (κ3) is 2.45. The van der Waals surface area contributed by atoms with E-state index in [4.69, 9.17) is 9.84 Å². The minimum atomic E-state index is -0.841. The molecule has 1 N–H and O–H groups in total. The largest absolute Gasteiger partial charge is 0.479 e. The molecule has 2 aliphatic heterocycles. The number of hydrogen-bond donors (Lipinski definition) is 1. The molecule has 2 atom stereocenters. The van der Waals surface area contributed by atoms with Gasteiger partial charge < -0.3 is 19.6 Å². The number of likely N-dealkylation sites (N-methyl/N-ethyl adjacent to an activating group) is 1. The van der Waals surface area contributed by atoms with Crippen LogP contribution in [-0.4, -0.2) is 50.0 Å². The molecule has 5 nitrogen and oxygen atoms in total. The Labute approximate surface area is 118 Å². The normalized spacial score (nSPS) is 25.6. The monoisotopic (exact) mass is 276 g/mol. The lowest BCUT2D eigenvalue weighted by atomic mass is 10.1. The smallest absolute Gasteiger partial charge is 0.332 e. The summed E-state index contributed by atoms with van der Waals surface area (Å²) >= 11 is 0. The van der Waals surface area contributed by atoms with Crippen LogP contribution in [0.2, 0.25) is 0 Å². The SMILES string of the molecule is CN1CCN(CC2CCC(C(=O)O)O2)c2ccccc21. The molecule has 0 radical (unpaired) electrons. The maximum Gasteiger partial charge on any atom is 0.332 e. The van der Waals surface area contributed by atoms with Gasteiger partial charge in [0.05, 0.1) is 17.5 Å². The number of anilines is 2. The first-order chi connectivity index (χ1) is 9.65. The van der Waals surface area contributed by atoms with Gasteiger partial charge in [-0.25, -0.2) is 4.79 Å². The third-order valence-electron chi connectivity index (χ3n) is 4.15. The Morgan fingerprint density at radius 1 is 1.30 bits per heavy atom. The van der Waals surface area contributed by atoms with Gasteiger partial charge >= 0.3 is 5.97 Å². The van der Waals surface area contributed by atoms with Crippen molar-refractivity contribution in [1.29, 1.82) is 0 Å². The van der Waals surface area contributed by atoms with E-state index in [1.807, 2.05) is 12.1 Å². The number of fused-ring (bicyclic) bond motifs is 1. The molecule has 0 spiro atoms. The number of benzene rings is 1. The van der Waals surface area contributed by atoms with Crippen molar-refractivity contribution in [2.45, 2.75) is 25.0 Å². The number of rotatable bonds is 3. The molecule has 0 aliphatic carbocycles. The minimum absolute atomic E-state index is 0.0209. The van der Waals surface area contributed by atoms with Crippen molar-refractivity contribution < 1.29 is 14.6 Å². The van der Waals surface area contributed by atoms with Gasteiger partial charge in [0, 0.05) is 26.7 Å². The third-order valence-corrected chi connectivity index (χ3v) is 4.15. The molecule has 108 valence electrons. The Kier molecular flexibility index (Phi) is 3.53. The van der Waals surface area contributed by atoms with E-state index in [0.29, 0.717) is 6.42 Å². The van der Waals surface area contributed by atoms with Crippen molar-refractivity contribution >= 4 is 17.3 Å². The van der Waals surface area contributed by atoms with E-state index < -0.39 is 12.1 Å². The lowest BCUT2D eigenvalue weighted by Crippen LogP contribution is -2.42. The van der Waals surface area contributed by atoms with Crippen molar-refractivity contribution in [2.75, 3.05) is 36.5 Å². The van der Waals surface area contributed by atoms with Gasteiger partial charge in [-0.3, -0.25) is 0 Å². The number of carbonyl (C=O) groups is 1. The van der Waals surface area contributed by atoms with Gasteiger partial charge in [-0.1, -0.05) is 12.1 Å². The number of carboxylic acids is 1. The molecular formula is C15H20N2O3. The van der Waals surface area contributed by atoms with Gasteiger partial charge in [0.1, 0.15) is 0 Å². The second kappa shape index (κ2) is 5.32. The summed E-state index contributed by atoms with van der Waals surface area (Å²) < 4.78 is 5.61. The zero-order chi connectivity index (χ0) is 14.1. The van der Waals surface area contributed by atoms with Crippen LogP contribution in [0, 0.1) is 0 Å². The van der Waals surface area contributed by atoms with Crippen LogP contribution in [-0.2, 0) is 9.53 Å². The number of hydrogen-bond acceptors (Lipinski definition) is 4. The number of carboxylic acid groups (broad SMARTS) is 1. The van der Waals surface area contributed by atoms with Crippen LogP contribution in [0.5, 0.6) is 0 Å². The molecule has 5 heteroatoms. The Balaban J connectivity index is 1.70. The molecule has 1 aromatic rings. The maximum atomic E-state index is 10.9. The fraction of sp³-hybridized carbons (Fsp3) is 0.533. The predicted molar refractivity (Wildman–Crippen MR) is 77.5 cm³/mol. The maximum absolute atomic E-state index is 10.9. The predicted octanol–water partition coefficient (Wildman–Crippen LogP) is 1.57. The number of aliphatic carboxylic acids is 1. The summed E-state index contributed by atoms with van der Waals surface area (Å²) in [7, 11) is 2.10. The van der Waals surface area contributed by atoms with Crippen LogP contribution in [0.3, 0.4) is 0 Å². The van der Waals surface area contributed by atoms with Crippen molar-refractivity contribution in [3.05, 3.63) is 24.3 Å². The first kappa shape index (κ1) is 13.2. The molecule has 1 fully saturated rings. The fourth-order valence-electron chi connectivity index (χ4n) is 3.02. The lowest BCUT2D eigenvalue weighted by Gasteiger charge is -2.38. The van der Waals surface area contributed by atoms with Gasteiger partial charge in [0.25, 0.3) is 0 Å². The van der Waals surface area contributed by atoms with Gasteiger partial charge in [-0.15, -0.1) is 0 Å². The summed E-state index contributed by atoms with van der Waals surface area (Å²) in [6.45, 7) is 2.70. The molecule has 20 heavy (non-hydrogen) atoms. The number of para-hydroxylation sites is 2. The molecule has 2 unspecified atom stereocenters. The summed E-state index contributed by atoms with van der Waals surface area (Å²) in [6.07, 6.45) is 0.844. The molecule has 1 aromatic carbocycles. The van der Waals surface area contributed by atoms with Crippen LogP contribution in [0.25, 0.3) is 0 Å². The van der Waals surface area contributed by atoms with Gasteiger partial charge in [-0.2, -0.15) is 0 Å². The summed E-state index contributed by atoms with van der Waals surface area (Å²) in [5.41, 5.74) is 2.44. The molecule has 0 bridgehead atoms. The lowest BCUT2D eigenvalue weighted by molar-refractivity contribution is -0.149. The van der Waals surface area contributed by atoms with E-state index in [1.165, 1.54) is 11.4 Å². The molecular weight excluding hydrogens is 256 g/mol. The van der Waals surface area contributed by atoms with Crippen molar-refractivity contribution in [1.82, 2.24) is 0 Å². The molecule has 0 aromatic heterocycles. The zero-order valence-corrected chi connectivity index (χ0v) is 11.7. The second-order valence-corrected chi connectivity index (χ2v) is 5.52. The molecule has 0 saturated carbocycles. The standard InChI is InChI=1S/C15H20N2O3/c1-16-8-9-17(13-5-3-2-4-12(13)16)10-11-6-7-14(20-11)15(18)19/h2-5,11,14H,6-10H2,1H3,(H,18,19). The molecule has 2 heterocycles. The van der Waals surface area contributed by atoms with Crippen molar-refractivity contribution in [3.63, 3.8) is 0 Å². The highest BCUT2D eigenvalue weighted by molar-refractivity contribution is 5.73. The molecule has 2 aliphatic rings. The van der Waals surface area contributed by atoms with Crippen molar-refractivity contribution in [2.24, 2.45) is 0 Å². The molecule has 0 amide bonds. The summed E-state index contributed by atoms with van der Waals surface area (Å²) in [5.74, 6) is -0.841. The second-order valence-electron chi connectivity index (χ2n) is 5.52. The van der Waals surface area contributed by atoms with E-state index in [2.05, 4.69) is 29.0 Å². The van der Waals surface area contributed by atoms with E-state index >= 15 is 0 Å². The Hall–Kier alpha value is -1.75. The Morgan fingerprint density at radius 2 is 2.05 bits per heavy atom. The van der Waals surface area contributed by atoms with Gasteiger partial charge in [-0.05, 0) is 25.0 Å². The van der Waals surface area contributed by atoms with Crippen LogP contribution in [0.1, 0.15) is 12.8 Å². The highest BCUT2D eigenvalue weighted by Crippen LogP contribution is 2.33. The summed E-state index contributed by atoms with van der Waals surface area (Å²) in [6, 6.07) is 8.33. The van der Waals surface area contributed by atoms with E-state index in [9.17, 15) is 4.79 Å². The topological polar surface area (TPSA) is 53.0 Å². The van der Waals surface area contributed by atoms with E-state index in [-0.39, 0.29) is 6.10 Å². The minimum Gasteiger partial charge on any atom is -0.479 e. The summed E-state index contributed by atoms with van der Waals surface area (Å²) in [5, 5.41) is 8.98. The van der Waals surface area contributed by atoms with Crippen LogP contribution in [0.15, 0.2) is 24.3 Å². The van der Waals surface area contributed by atoms with Gasteiger partial charge in [0.2, 0.25) is 0 Å². The zero-order valence-electron chi connectivity index (χ0n) is 11.7. The number of nitrogens with zero attached hydrogens (tertiary/aromatic N) is 2. The highest BCUT2D eigenvalue weighted by Gasteiger charge is 2.32. The average Bonchev–Trinajstić information content (AvgIpc) is 2.91. The first-order valence-corrected chi connectivity index (χ1v) is 7.08. The number of ether oxygens (including phenoxy) is 1. The van der Waals surface area contributed by atoms with Gasteiger partial charge in [0.15, 0.2) is 6.10 Å². The first-order valence-electron chi connectivity index (χ1n) is 7.08. The Morgan fingerprint density at radius 3 is 2.75 bits per heavy atom. The quantitative estimate of drug-likeness (QED) is 0.908. The average molecular weight is 276 g/mol. The highest BCUT2D eigenvalue weighted by atomic mass is 16.5. The molecule has 1 saturated heterocycles. The van der Waals surface area contributed by atoms with Crippen molar-refractivity contribution in [3.8, 4) is 0 Å². The molecule has 3 rings (SSSR count).